The van der Waals surface area contributed by atoms with Gasteiger partial charge in [-0.05, 0) is 32.3 Å². The van der Waals surface area contributed by atoms with E-state index in [1.807, 2.05) is 0 Å². The van der Waals surface area contributed by atoms with Crippen molar-refractivity contribution >= 4 is 11.9 Å². The molecular weight excluding hydrogens is 252 g/mol. The van der Waals surface area contributed by atoms with Crippen molar-refractivity contribution in [2.45, 2.75) is 39.2 Å². The summed E-state index contributed by atoms with van der Waals surface area (Å²) in [5, 5.41) is 14.9. The van der Waals surface area contributed by atoms with Crippen LogP contribution in [0.2, 0.25) is 0 Å². The monoisotopic (exact) mass is 270 g/mol. The van der Waals surface area contributed by atoms with E-state index in [1.165, 1.54) is 0 Å². The van der Waals surface area contributed by atoms with Crippen molar-refractivity contribution in [3.05, 3.63) is 11.8 Å². The van der Waals surface area contributed by atoms with Gasteiger partial charge in [0.2, 0.25) is 0 Å². The van der Waals surface area contributed by atoms with Gasteiger partial charge < -0.3 is 19.7 Å². The molecule has 0 aromatic carbocycles. The fourth-order valence-electron chi connectivity index (χ4n) is 1.45. The van der Waals surface area contributed by atoms with Crippen molar-refractivity contribution in [2.75, 3.05) is 6.61 Å². The minimum Gasteiger partial charge on any atom is -0.481 e. The summed E-state index contributed by atoms with van der Waals surface area (Å²) in [5.74, 6) is -0.388. The molecule has 0 bridgehead atoms. The van der Waals surface area contributed by atoms with Gasteiger partial charge in [-0.3, -0.25) is 9.59 Å². The third-order valence-electron chi connectivity index (χ3n) is 2.40. The summed E-state index contributed by atoms with van der Waals surface area (Å²) in [6.45, 7) is 5.04. The van der Waals surface area contributed by atoms with Crippen molar-refractivity contribution in [3.63, 3.8) is 0 Å². The summed E-state index contributed by atoms with van der Waals surface area (Å²) in [5.41, 5.74) is -0.599. The Morgan fingerprint density at radius 1 is 1.53 bits per heavy atom. The maximum Gasteiger partial charge on any atom is 0.303 e. The molecule has 0 aliphatic carbocycles. The number of aryl methyl sites for hydroxylation is 1. The average Bonchev–Trinajstić information content (AvgIpc) is 2.69. The second kappa shape index (κ2) is 6.21. The number of amides is 1. The van der Waals surface area contributed by atoms with E-state index in [-0.39, 0.29) is 24.8 Å². The van der Waals surface area contributed by atoms with Crippen LogP contribution in [-0.2, 0) is 9.59 Å². The number of carboxylic acid groups (broad SMARTS) is 1. The number of carboxylic acids is 1. The van der Waals surface area contributed by atoms with E-state index in [0.717, 1.165) is 0 Å². The molecule has 7 heteroatoms. The van der Waals surface area contributed by atoms with Crippen LogP contribution in [0.15, 0.2) is 10.6 Å². The molecule has 0 aliphatic heterocycles. The van der Waals surface area contributed by atoms with Gasteiger partial charge in [-0.1, -0.05) is 0 Å². The van der Waals surface area contributed by atoms with Gasteiger partial charge in [-0.15, -0.1) is 0 Å². The maximum atomic E-state index is 11.6. The highest BCUT2D eigenvalue weighted by Crippen LogP contribution is 2.12. The Balaban J connectivity index is 2.35. The van der Waals surface area contributed by atoms with Crippen LogP contribution >= 0.6 is 0 Å². The number of nitrogens with zero attached hydrogens (tertiary/aromatic N) is 1. The molecule has 7 nitrogen and oxygen atoms in total. The molecule has 0 spiro atoms. The Kier molecular flexibility index (Phi) is 4.91. The lowest BCUT2D eigenvalue weighted by Crippen LogP contribution is -2.45. The van der Waals surface area contributed by atoms with Gasteiger partial charge in [0, 0.05) is 18.0 Å². The first-order valence-corrected chi connectivity index (χ1v) is 5.87. The lowest BCUT2D eigenvalue weighted by molar-refractivity contribution is -0.138. The number of hydrogen-bond donors (Lipinski definition) is 2. The highest BCUT2D eigenvalue weighted by Gasteiger charge is 2.21. The van der Waals surface area contributed by atoms with Crippen LogP contribution in [-0.4, -0.2) is 34.3 Å². The summed E-state index contributed by atoms with van der Waals surface area (Å²) >= 11 is 0. The van der Waals surface area contributed by atoms with Gasteiger partial charge in [-0.25, -0.2) is 0 Å². The summed E-state index contributed by atoms with van der Waals surface area (Å²) < 4.78 is 9.92. The smallest absolute Gasteiger partial charge is 0.303 e. The van der Waals surface area contributed by atoms with Crippen LogP contribution in [0.25, 0.3) is 0 Å². The Morgan fingerprint density at radius 3 is 2.74 bits per heavy atom. The SMILES string of the molecule is Cc1cc(OCC(=O)NC(C)(C)CCC(=O)O)no1. The molecule has 0 aliphatic rings. The first kappa shape index (κ1) is 15.0. The molecule has 2 N–H and O–H groups in total. The third-order valence-corrected chi connectivity index (χ3v) is 2.40. The lowest BCUT2D eigenvalue weighted by atomic mass is 9.98. The van der Waals surface area contributed by atoms with E-state index in [9.17, 15) is 9.59 Å². The Labute approximate surface area is 110 Å². The number of aliphatic carboxylic acids is 1. The molecule has 0 unspecified atom stereocenters. The van der Waals surface area contributed by atoms with Crippen LogP contribution in [0.5, 0.6) is 5.88 Å². The Morgan fingerprint density at radius 2 is 2.21 bits per heavy atom. The molecular formula is C12H18N2O5. The van der Waals surface area contributed by atoms with Crippen molar-refractivity contribution in [1.29, 1.82) is 0 Å². The van der Waals surface area contributed by atoms with Crippen LogP contribution in [0, 0.1) is 6.92 Å². The molecule has 1 amide bonds. The number of carbonyl (C=O) groups is 2. The van der Waals surface area contributed by atoms with Gasteiger partial charge in [0.25, 0.3) is 11.8 Å². The zero-order valence-corrected chi connectivity index (χ0v) is 11.2. The predicted molar refractivity (Wildman–Crippen MR) is 65.8 cm³/mol. The highest BCUT2D eigenvalue weighted by molar-refractivity contribution is 5.78. The highest BCUT2D eigenvalue weighted by atomic mass is 16.5. The van der Waals surface area contributed by atoms with Crippen molar-refractivity contribution in [3.8, 4) is 5.88 Å². The topological polar surface area (TPSA) is 102 Å². The number of carbonyl (C=O) groups excluding carboxylic acids is 1. The standard InChI is InChI=1S/C12H18N2O5/c1-8-6-10(14-19-8)18-7-9(15)13-12(2,3)5-4-11(16)17/h6H,4-5,7H2,1-3H3,(H,13,15)(H,16,17). The van der Waals surface area contributed by atoms with Crippen LogP contribution in [0.1, 0.15) is 32.4 Å². The third kappa shape index (κ3) is 5.89. The van der Waals surface area contributed by atoms with Gasteiger partial charge in [0.15, 0.2) is 6.61 Å². The molecule has 19 heavy (non-hydrogen) atoms. The molecule has 0 saturated carbocycles. The lowest BCUT2D eigenvalue weighted by Gasteiger charge is -2.25. The first-order chi connectivity index (χ1) is 8.78. The van der Waals surface area contributed by atoms with Gasteiger partial charge in [-0.2, -0.15) is 0 Å². The molecule has 1 heterocycles. The van der Waals surface area contributed by atoms with E-state index in [0.29, 0.717) is 12.2 Å². The molecule has 0 saturated heterocycles. The van der Waals surface area contributed by atoms with E-state index >= 15 is 0 Å². The van der Waals surface area contributed by atoms with Gasteiger partial charge in [0.1, 0.15) is 5.76 Å². The van der Waals surface area contributed by atoms with Gasteiger partial charge in [0.05, 0.1) is 0 Å². The van der Waals surface area contributed by atoms with Crippen molar-refractivity contribution in [1.82, 2.24) is 10.5 Å². The first-order valence-electron chi connectivity index (χ1n) is 5.87. The van der Waals surface area contributed by atoms with Crippen LogP contribution in [0.3, 0.4) is 0 Å². The molecule has 0 radical (unpaired) electrons. The zero-order valence-electron chi connectivity index (χ0n) is 11.2. The molecule has 0 atom stereocenters. The van der Waals surface area contributed by atoms with Crippen LogP contribution in [0.4, 0.5) is 0 Å². The second-order valence-electron chi connectivity index (χ2n) is 4.89. The number of hydrogen-bond acceptors (Lipinski definition) is 5. The summed E-state index contributed by atoms with van der Waals surface area (Å²) in [6.07, 6.45) is 0.341. The van der Waals surface area contributed by atoms with Crippen molar-refractivity contribution < 1.29 is 24.0 Å². The number of nitrogens with one attached hydrogen (secondary N) is 1. The quantitative estimate of drug-likeness (QED) is 0.769. The number of rotatable bonds is 7. The maximum absolute atomic E-state index is 11.6. The van der Waals surface area contributed by atoms with E-state index < -0.39 is 11.5 Å². The van der Waals surface area contributed by atoms with Gasteiger partial charge >= 0.3 is 5.97 Å². The van der Waals surface area contributed by atoms with Crippen LogP contribution < -0.4 is 10.1 Å². The predicted octanol–water partition coefficient (Wildman–Crippen LogP) is 1.12. The fourth-order valence-corrected chi connectivity index (χ4v) is 1.45. The molecule has 1 aromatic rings. The average molecular weight is 270 g/mol. The van der Waals surface area contributed by atoms with E-state index in [2.05, 4.69) is 10.5 Å². The van der Waals surface area contributed by atoms with E-state index in [4.69, 9.17) is 14.4 Å². The summed E-state index contributed by atoms with van der Waals surface area (Å²) in [6, 6.07) is 1.57. The molecule has 1 rings (SSSR count). The molecule has 0 fully saturated rings. The minimum absolute atomic E-state index is 0.00336. The van der Waals surface area contributed by atoms with Crippen molar-refractivity contribution in [2.24, 2.45) is 0 Å². The summed E-state index contributed by atoms with van der Waals surface area (Å²) in [7, 11) is 0. The number of aromatic nitrogens is 1. The second-order valence-corrected chi connectivity index (χ2v) is 4.89. The largest absolute Gasteiger partial charge is 0.481 e. The Hall–Kier alpha value is -2.05. The molecule has 1 aromatic heterocycles. The minimum atomic E-state index is -0.892. The summed E-state index contributed by atoms with van der Waals surface area (Å²) in [4.78, 5) is 22.1. The molecule has 106 valence electrons. The number of ether oxygens (including phenoxy) is 1. The fraction of sp³-hybridized carbons (Fsp3) is 0.583. The zero-order chi connectivity index (χ0) is 14.5. The Bertz CT molecular complexity index is 453. The van der Waals surface area contributed by atoms with E-state index in [1.54, 1.807) is 26.8 Å². The normalized spacial score (nSPS) is 11.1.